The first-order valence-electron chi connectivity index (χ1n) is 4.61. The predicted octanol–water partition coefficient (Wildman–Crippen LogP) is 0.213. The zero-order valence-corrected chi connectivity index (χ0v) is 7.70. The smallest absolute Gasteiger partial charge is 0.128 e. The highest BCUT2D eigenvalue weighted by Crippen LogP contribution is 2.31. The Labute approximate surface area is 81.8 Å². The molecule has 0 aromatic heterocycles. The maximum Gasteiger partial charge on any atom is 0.128 e. The van der Waals surface area contributed by atoms with Crippen molar-refractivity contribution in [2.75, 3.05) is 11.9 Å². The van der Waals surface area contributed by atoms with Crippen LogP contribution in [0, 0.1) is 0 Å². The molecule has 1 aromatic rings. The Bertz CT molecular complexity index is 351. The minimum absolute atomic E-state index is 0.0162. The summed E-state index contributed by atoms with van der Waals surface area (Å²) in [7, 11) is 0. The third kappa shape index (κ3) is 1.54. The van der Waals surface area contributed by atoms with Gasteiger partial charge < -0.3 is 20.6 Å². The van der Waals surface area contributed by atoms with Crippen LogP contribution in [0.25, 0.3) is 0 Å². The summed E-state index contributed by atoms with van der Waals surface area (Å²) < 4.78 is 0. The Morgan fingerprint density at radius 3 is 2.93 bits per heavy atom. The van der Waals surface area contributed by atoms with E-state index in [9.17, 15) is 10.2 Å². The van der Waals surface area contributed by atoms with Gasteiger partial charge in [-0.2, -0.15) is 0 Å². The summed E-state index contributed by atoms with van der Waals surface area (Å²) in [5, 5.41) is 30.5. The molecule has 4 N–H and O–H groups in total. The molecular weight excluding hydrogens is 182 g/mol. The lowest BCUT2D eigenvalue weighted by Gasteiger charge is -2.06. The molecule has 0 radical (unpaired) electrons. The third-order valence-corrected chi connectivity index (χ3v) is 2.42. The molecule has 1 aliphatic heterocycles. The van der Waals surface area contributed by atoms with Gasteiger partial charge in [-0.05, 0) is 23.6 Å². The third-order valence-electron chi connectivity index (χ3n) is 2.42. The summed E-state index contributed by atoms with van der Waals surface area (Å²) in [5.74, 6) is 0.166. The second kappa shape index (κ2) is 3.48. The molecule has 0 fully saturated rings. The van der Waals surface area contributed by atoms with Crippen molar-refractivity contribution in [2.24, 2.45) is 0 Å². The van der Waals surface area contributed by atoms with Crippen LogP contribution in [0.15, 0.2) is 12.1 Å². The second-order valence-electron chi connectivity index (χ2n) is 3.48. The highest BCUT2D eigenvalue weighted by molar-refractivity contribution is 5.61. The van der Waals surface area contributed by atoms with Crippen molar-refractivity contribution < 1.29 is 15.3 Å². The quantitative estimate of drug-likeness (QED) is 0.544. The van der Waals surface area contributed by atoms with Crippen LogP contribution in [-0.4, -0.2) is 28.2 Å². The van der Waals surface area contributed by atoms with E-state index in [0.717, 1.165) is 16.8 Å². The summed E-state index contributed by atoms with van der Waals surface area (Å²) >= 11 is 0. The van der Waals surface area contributed by atoms with Gasteiger partial charge in [-0.1, -0.05) is 0 Å². The van der Waals surface area contributed by atoms with Gasteiger partial charge in [0.1, 0.15) is 12.0 Å². The lowest BCUT2D eigenvalue weighted by molar-refractivity contribution is 0.212. The SMILES string of the molecule is OCCc1cc2c(cc1O)NC(O)C2. The minimum atomic E-state index is -0.561. The maximum atomic E-state index is 9.56. The van der Waals surface area contributed by atoms with Crippen LogP contribution >= 0.6 is 0 Å². The molecule has 4 heteroatoms. The Morgan fingerprint density at radius 1 is 1.43 bits per heavy atom. The summed E-state index contributed by atoms with van der Waals surface area (Å²) in [6.45, 7) is 0.0162. The molecule has 1 heterocycles. The number of anilines is 1. The molecule has 76 valence electrons. The number of aliphatic hydroxyl groups excluding tert-OH is 2. The average Bonchev–Trinajstić information content (AvgIpc) is 2.45. The average molecular weight is 195 g/mol. The standard InChI is InChI=1S/C10H13NO3/c12-2-1-6-3-7-4-10(14)11-8(7)5-9(6)13/h3,5,10-14H,1-2,4H2. The van der Waals surface area contributed by atoms with Crippen LogP contribution in [0.3, 0.4) is 0 Å². The normalized spacial score (nSPS) is 19.1. The minimum Gasteiger partial charge on any atom is -0.508 e. The molecule has 0 aliphatic carbocycles. The van der Waals surface area contributed by atoms with Gasteiger partial charge in [0.15, 0.2) is 0 Å². The molecule has 1 aromatic carbocycles. The summed E-state index contributed by atoms with van der Waals surface area (Å²) in [6, 6.07) is 3.42. The van der Waals surface area contributed by atoms with E-state index in [-0.39, 0.29) is 12.4 Å². The molecule has 2 rings (SSSR count). The van der Waals surface area contributed by atoms with E-state index in [4.69, 9.17) is 5.11 Å². The number of benzene rings is 1. The van der Waals surface area contributed by atoms with Gasteiger partial charge in [0.05, 0.1) is 0 Å². The van der Waals surface area contributed by atoms with Crippen LogP contribution in [0.1, 0.15) is 11.1 Å². The largest absolute Gasteiger partial charge is 0.508 e. The molecule has 4 nitrogen and oxygen atoms in total. The Kier molecular flexibility index (Phi) is 2.31. The number of nitrogens with one attached hydrogen (secondary N) is 1. The van der Waals surface area contributed by atoms with Gasteiger partial charge in [0.2, 0.25) is 0 Å². The highest BCUT2D eigenvalue weighted by Gasteiger charge is 2.19. The number of aliphatic hydroxyl groups is 2. The lowest BCUT2D eigenvalue weighted by atomic mass is 10.0. The van der Waals surface area contributed by atoms with Crippen LogP contribution in [0.4, 0.5) is 5.69 Å². The maximum absolute atomic E-state index is 9.56. The van der Waals surface area contributed by atoms with Gasteiger partial charge in [-0.25, -0.2) is 0 Å². The first kappa shape index (κ1) is 9.30. The molecule has 14 heavy (non-hydrogen) atoms. The molecular formula is C10H13NO3. The number of aromatic hydroxyl groups is 1. The first-order chi connectivity index (χ1) is 6.70. The number of fused-ring (bicyclic) bond motifs is 1. The highest BCUT2D eigenvalue weighted by atomic mass is 16.3. The van der Waals surface area contributed by atoms with Crippen molar-refractivity contribution in [1.29, 1.82) is 0 Å². The Morgan fingerprint density at radius 2 is 2.21 bits per heavy atom. The molecule has 1 unspecified atom stereocenters. The van der Waals surface area contributed by atoms with Crippen molar-refractivity contribution in [3.05, 3.63) is 23.3 Å². The van der Waals surface area contributed by atoms with Gasteiger partial charge >= 0.3 is 0 Å². The fourth-order valence-corrected chi connectivity index (χ4v) is 1.75. The second-order valence-corrected chi connectivity index (χ2v) is 3.48. The van der Waals surface area contributed by atoms with E-state index in [2.05, 4.69) is 5.32 Å². The van der Waals surface area contributed by atoms with Crippen LogP contribution in [0.5, 0.6) is 5.75 Å². The molecule has 1 aliphatic rings. The number of hydrogen-bond acceptors (Lipinski definition) is 4. The number of rotatable bonds is 2. The van der Waals surface area contributed by atoms with Crippen LogP contribution < -0.4 is 5.32 Å². The lowest BCUT2D eigenvalue weighted by Crippen LogP contribution is -2.12. The van der Waals surface area contributed by atoms with Gasteiger partial charge in [-0.15, -0.1) is 0 Å². The van der Waals surface area contributed by atoms with E-state index in [0.29, 0.717) is 12.8 Å². The van der Waals surface area contributed by atoms with E-state index < -0.39 is 6.23 Å². The fraction of sp³-hybridized carbons (Fsp3) is 0.400. The van der Waals surface area contributed by atoms with E-state index in [1.807, 2.05) is 6.07 Å². The van der Waals surface area contributed by atoms with Crippen molar-refractivity contribution in [1.82, 2.24) is 0 Å². The van der Waals surface area contributed by atoms with Gasteiger partial charge in [-0.3, -0.25) is 0 Å². The zero-order valence-electron chi connectivity index (χ0n) is 7.70. The molecule has 0 bridgehead atoms. The van der Waals surface area contributed by atoms with E-state index in [1.54, 1.807) is 6.07 Å². The van der Waals surface area contributed by atoms with Crippen molar-refractivity contribution in [3.63, 3.8) is 0 Å². The number of hydrogen-bond donors (Lipinski definition) is 4. The van der Waals surface area contributed by atoms with Gasteiger partial charge in [0, 0.05) is 24.8 Å². The fourth-order valence-electron chi connectivity index (χ4n) is 1.75. The van der Waals surface area contributed by atoms with Crippen molar-refractivity contribution in [2.45, 2.75) is 19.1 Å². The summed E-state index contributed by atoms with van der Waals surface area (Å²) in [4.78, 5) is 0. The Hall–Kier alpha value is -1.26. The summed E-state index contributed by atoms with van der Waals surface area (Å²) in [5.41, 5.74) is 2.48. The monoisotopic (exact) mass is 195 g/mol. The molecule has 0 saturated carbocycles. The van der Waals surface area contributed by atoms with Crippen molar-refractivity contribution >= 4 is 5.69 Å². The van der Waals surface area contributed by atoms with Crippen molar-refractivity contribution in [3.8, 4) is 5.75 Å². The Balaban J connectivity index is 2.35. The molecule has 0 amide bonds. The van der Waals surface area contributed by atoms with Crippen LogP contribution in [-0.2, 0) is 12.8 Å². The number of phenols is 1. The molecule has 0 saturated heterocycles. The van der Waals surface area contributed by atoms with Crippen LogP contribution in [0.2, 0.25) is 0 Å². The molecule has 0 spiro atoms. The number of phenolic OH excluding ortho intramolecular Hbond substituents is 1. The predicted molar refractivity (Wildman–Crippen MR) is 52.2 cm³/mol. The first-order valence-corrected chi connectivity index (χ1v) is 4.61. The van der Waals surface area contributed by atoms with E-state index in [1.165, 1.54) is 0 Å². The summed E-state index contributed by atoms with van der Waals surface area (Å²) in [6.07, 6.45) is 0.428. The molecule has 1 atom stereocenters. The zero-order chi connectivity index (χ0) is 10.1. The van der Waals surface area contributed by atoms with E-state index >= 15 is 0 Å². The topological polar surface area (TPSA) is 72.7 Å². The van der Waals surface area contributed by atoms with Gasteiger partial charge in [0.25, 0.3) is 0 Å².